The van der Waals surface area contributed by atoms with E-state index in [4.69, 9.17) is 10.5 Å². The Morgan fingerprint density at radius 3 is 2.52 bits per heavy atom. The fraction of sp³-hybridized carbons (Fsp3) is 0.429. The van der Waals surface area contributed by atoms with E-state index in [1.807, 2.05) is 30.3 Å². The van der Waals surface area contributed by atoms with Crippen molar-refractivity contribution in [3.8, 4) is 0 Å². The summed E-state index contributed by atoms with van der Waals surface area (Å²) in [5.74, 6) is -0.505. The third-order valence-electron chi connectivity index (χ3n) is 2.69. The van der Waals surface area contributed by atoms with Gasteiger partial charge in [-0.15, -0.1) is 12.4 Å². The minimum Gasteiger partial charge on any atom is -0.467 e. The normalized spacial score (nSPS) is 11.0. The van der Waals surface area contributed by atoms with Gasteiger partial charge in [-0.25, -0.2) is 9.59 Å². The number of carbonyl (C=O) groups excluding carboxylic acids is 2. The van der Waals surface area contributed by atoms with Crippen LogP contribution < -0.4 is 11.1 Å². The van der Waals surface area contributed by atoms with E-state index in [0.29, 0.717) is 19.4 Å². The van der Waals surface area contributed by atoms with E-state index in [2.05, 4.69) is 10.1 Å². The highest BCUT2D eigenvalue weighted by atomic mass is 35.5. The van der Waals surface area contributed by atoms with E-state index in [-0.39, 0.29) is 19.0 Å². The van der Waals surface area contributed by atoms with Crippen LogP contribution in [0, 0.1) is 0 Å². The molecular formula is C14H21ClN2O4. The minimum atomic E-state index is -0.730. The van der Waals surface area contributed by atoms with Crippen molar-refractivity contribution in [1.29, 1.82) is 0 Å². The van der Waals surface area contributed by atoms with Crippen LogP contribution in [-0.2, 0) is 20.9 Å². The molecule has 1 amide bonds. The van der Waals surface area contributed by atoms with Gasteiger partial charge in [-0.1, -0.05) is 30.3 Å². The average Bonchev–Trinajstić information content (AvgIpc) is 2.49. The molecule has 0 saturated carbocycles. The number of alkyl carbamates (subject to hydrolysis) is 1. The van der Waals surface area contributed by atoms with Gasteiger partial charge in [-0.2, -0.15) is 0 Å². The molecule has 0 aromatic heterocycles. The van der Waals surface area contributed by atoms with E-state index in [1.54, 1.807) is 0 Å². The average molecular weight is 317 g/mol. The first-order valence-electron chi connectivity index (χ1n) is 6.42. The molecule has 1 aromatic carbocycles. The van der Waals surface area contributed by atoms with Crippen LogP contribution in [0.4, 0.5) is 4.79 Å². The zero-order valence-electron chi connectivity index (χ0n) is 11.9. The van der Waals surface area contributed by atoms with Crippen LogP contribution in [-0.4, -0.2) is 31.8 Å². The van der Waals surface area contributed by atoms with Gasteiger partial charge in [0.1, 0.15) is 12.6 Å². The fourth-order valence-electron chi connectivity index (χ4n) is 1.62. The molecule has 21 heavy (non-hydrogen) atoms. The number of rotatable bonds is 7. The number of benzene rings is 1. The third kappa shape index (κ3) is 7.53. The molecular weight excluding hydrogens is 296 g/mol. The number of hydrogen-bond acceptors (Lipinski definition) is 5. The van der Waals surface area contributed by atoms with E-state index in [9.17, 15) is 9.59 Å². The van der Waals surface area contributed by atoms with Gasteiger partial charge in [-0.05, 0) is 24.9 Å². The highest BCUT2D eigenvalue weighted by Gasteiger charge is 2.21. The van der Waals surface area contributed by atoms with E-state index >= 15 is 0 Å². The van der Waals surface area contributed by atoms with Gasteiger partial charge in [0, 0.05) is 0 Å². The summed E-state index contributed by atoms with van der Waals surface area (Å²) in [5, 5.41) is 2.48. The second kappa shape index (κ2) is 10.9. The highest BCUT2D eigenvalue weighted by molar-refractivity contribution is 5.85. The lowest BCUT2D eigenvalue weighted by Crippen LogP contribution is -2.42. The summed E-state index contributed by atoms with van der Waals surface area (Å²) < 4.78 is 9.67. The fourth-order valence-corrected chi connectivity index (χ4v) is 1.62. The van der Waals surface area contributed by atoms with Gasteiger partial charge in [0.2, 0.25) is 0 Å². The van der Waals surface area contributed by atoms with Gasteiger partial charge in [0.15, 0.2) is 0 Å². The lowest BCUT2D eigenvalue weighted by atomic mass is 10.1. The Balaban J connectivity index is 0.00000400. The van der Waals surface area contributed by atoms with E-state index < -0.39 is 18.1 Å². The third-order valence-corrected chi connectivity index (χ3v) is 2.69. The molecule has 0 aliphatic rings. The second-order valence-electron chi connectivity index (χ2n) is 4.21. The summed E-state index contributed by atoms with van der Waals surface area (Å²) in [4.78, 5) is 23.1. The van der Waals surface area contributed by atoms with Gasteiger partial charge in [0.05, 0.1) is 7.11 Å². The molecule has 1 atom stereocenters. The molecule has 118 valence electrons. The van der Waals surface area contributed by atoms with Crippen LogP contribution in [0.2, 0.25) is 0 Å². The Bertz CT molecular complexity index is 428. The zero-order chi connectivity index (χ0) is 14.8. The number of hydrogen-bond donors (Lipinski definition) is 2. The Morgan fingerprint density at radius 2 is 1.95 bits per heavy atom. The largest absolute Gasteiger partial charge is 0.467 e. The molecule has 1 aromatic rings. The van der Waals surface area contributed by atoms with Gasteiger partial charge in [0.25, 0.3) is 0 Å². The van der Waals surface area contributed by atoms with E-state index in [1.165, 1.54) is 7.11 Å². The zero-order valence-corrected chi connectivity index (χ0v) is 12.7. The van der Waals surface area contributed by atoms with Crippen molar-refractivity contribution in [1.82, 2.24) is 5.32 Å². The lowest BCUT2D eigenvalue weighted by Gasteiger charge is -2.16. The first-order valence-corrected chi connectivity index (χ1v) is 6.42. The number of nitrogens with two attached hydrogens (primary N) is 1. The molecule has 0 bridgehead atoms. The molecule has 0 saturated heterocycles. The van der Waals surface area contributed by atoms with Crippen molar-refractivity contribution >= 4 is 24.5 Å². The molecule has 0 fully saturated rings. The summed E-state index contributed by atoms with van der Waals surface area (Å²) in [6.07, 6.45) is 0.379. The Kier molecular flexibility index (Phi) is 10.0. The maximum atomic E-state index is 11.6. The number of ether oxygens (including phenoxy) is 2. The maximum absolute atomic E-state index is 11.6. The predicted octanol–water partition coefficient (Wildman–Crippen LogP) is 1.62. The molecule has 7 heteroatoms. The van der Waals surface area contributed by atoms with Gasteiger partial charge in [-0.3, -0.25) is 0 Å². The molecule has 0 spiro atoms. The predicted molar refractivity (Wildman–Crippen MR) is 81.1 cm³/mol. The van der Waals surface area contributed by atoms with Crippen molar-refractivity contribution < 1.29 is 19.1 Å². The van der Waals surface area contributed by atoms with Crippen LogP contribution in [0.5, 0.6) is 0 Å². The standard InChI is InChI=1S/C14H20N2O4.ClH/c1-19-13(17)12(8-5-9-15)16-14(18)20-10-11-6-3-2-4-7-11;/h2-4,6-7,12H,5,8-10,15H2,1H3,(H,16,18);1H. The van der Waals surface area contributed by atoms with Crippen molar-refractivity contribution in [2.75, 3.05) is 13.7 Å². The van der Waals surface area contributed by atoms with Crippen molar-refractivity contribution in [3.63, 3.8) is 0 Å². The first kappa shape index (κ1) is 19.2. The number of carbonyl (C=O) groups is 2. The summed E-state index contributed by atoms with van der Waals surface area (Å²) >= 11 is 0. The smallest absolute Gasteiger partial charge is 0.408 e. The van der Waals surface area contributed by atoms with Crippen LogP contribution in [0.3, 0.4) is 0 Å². The van der Waals surface area contributed by atoms with Crippen LogP contribution in [0.25, 0.3) is 0 Å². The summed E-state index contributed by atoms with van der Waals surface area (Å²) in [6.45, 7) is 0.589. The van der Waals surface area contributed by atoms with Crippen molar-refractivity contribution in [2.45, 2.75) is 25.5 Å². The molecule has 0 heterocycles. The number of amides is 1. The van der Waals surface area contributed by atoms with E-state index in [0.717, 1.165) is 5.56 Å². The monoisotopic (exact) mass is 316 g/mol. The Hall–Kier alpha value is -1.79. The summed E-state index contributed by atoms with van der Waals surface area (Å²) in [6, 6.07) is 8.55. The van der Waals surface area contributed by atoms with Crippen molar-refractivity contribution in [2.24, 2.45) is 5.73 Å². The van der Waals surface area contributed by atoms with Crippen LogP contribution in [0.15, 0.2) is 30.3 Å². The Morgan fingerprint density at radius 1 is 1.29 bits per heavy atom. The molecule has 6 nitrogen and oxygen atoms in total. The first-order chi connectivity index (χ1) is 9.67. The molecule has 0 aliphatic carbocycles. The second-order valence-corrected chi connectivity index (χ2v) is 4.21. The number of esters is 1. The molecule has 0 radical (unpaired) electrons. The summed E-state index contributed by atoms with van der Waals surface area (Å²) in [5.41, 5.74) is 6.26. The lowest BCUT2D eigenvalue weighted by molar-refractivity contribution is -0.143. The Labute approximate surface area is 130 Å². The minimum absolute atomic E-state index is 0. The van der Waals surface area contributed by atoms with Gasteiger partial charge >= 0.3 is 12.1 Å². The van der Waals surface area contributed by atoms with Crippen molar-refractivity contribution in [3.05, 3.63) is 35.9 Å². The highest BCUT2D eigenvalue weighted by Crippen LogP contribution is 2.03. The SMILES string of the molecule is COC(=O)C(CCCN)NC(=O)OCc1ccccc1.Cl. The molecule has 1 unspecified atom stereocenters. The molecule has 0 aliphatic heterocycles. The molecule has 1 rings (SSSR count). The number of nitrogens with one attached hydrogen (secondary N) is 1. The topological polar surface area (TPSA) is 90.6 Å². The maximum Gasteiger partial charge on any atom is 0.408 e. The van der Waals surface area contributed by atoms with Crippen LogP contribution >= 0.6 is 12.4 Å². The molecule has 3 N–H and O–H groups in total. The number of halogens is 1. The van der Waals surface area contributed by atoms with Gasteiger partial charge < -0.3 is 20.5 Å². The van der Waals surface area contributed by atoms with Crippen LogP contribution in [0.1, 0.15) is 18.4 Å². The summed E-state index contributed by atoms with van der Waals surface area (Å²) in [7, 11) is 1.27. The quantitative estimate of drug-likeness (QED) is 0.746. The number of methoxy groups -OCH3 is 1.